The normalized spacial score (nSPS) is 12.6. The van der Waals surface area contributed by atoms with E-state index in [2.05, 4.69) is 54.7 Å². The Bertz CT molecular complexity index is 462. The molecule has 0 aliphatic rings. The lowest BCUT2D eigenvalue weighted by molar-refractivity contribution is 0.454. The second kappa shape index (κ2) is 6.36. The quantitative estimate of drug-likeness (QED) is 0.790. The van der Waals surface area contributed by atoms with Crippen LogP contribution in [0.2, 0.25) is 0 Å². The van der Waals surface area contributed by atoms with E-state index in [1.54, 1.807) is 0 Å². The number of rotatable bonds is 6. The predicted octanol–water partition coefficient (Wildman–Crippen LogP) is 3.11. The molecule has 2 rings (SSSR count). The van der Waals surface area contributed by atoms with Crippen molar-refractivity contribution in [2.24, 2.45) is 0 Å². The summed E-state index contributed by atoms with van der Waals surface area (Å²) >= 11 is 0. The molecule has 1 aromatic heterocycles. The fourth-order valence-electron chi connectivity index (χ4n) is 1.94. The molecule has 1 aromatic carbocycles. The molecule has 1 heterocycles. The topological polar surface area (TPSA) is 29.9 Å². The van der Waals surface area contributed by atoms with Gasteiger partial charge >= 0.3 is 0 Å². The minimum atomic E-state index is 0.383. The smallest absolute Gasteiger partial charge is 0.0615 e. The Balaban J connectivity index is 2.02. The maximum Gasteiger partial charge on any atom is 0.0615 e. The number of hydrogen-bond donors (Lipinski definition) is 1. The third-order valence-corrected chi connectivity index (χ3v) is 3.03. The first kappa shape index (κ1) is 12.8. The minimum absolute atomic E-state index is 0.383. The van der Waals surface area contributed by atoms with Crippen molar-refractivity contribution in [3.05, 3.63) is 42.7 Å². The van der Waals surface area contributed by atoms with Gasteiger partial charge in [0, 0.05) is 18.3 Å². The van der Waals surface area contributed by atoms with Gasteiger partial charge in [-0.25, -0.2) is 0 Å². The van der Waals surface area contributed by atoms with Crippen LogP contribution < -0.4 is 5.32 Å². The monoisotopic (exact) mass is 243 g/mol. The van der Waals surface area contributed by atoms with Crippen molar-refractivity contribution in [1.29, 1.82) is 0 Å². The van der Waals surface area contributed by atoms with Gasteiger partial charge in [0.15, 0.2) is 0 Å². The van der Waals surface area contributed by atoms with Crippen molar-refractivity contribution in [3.8, 4) is 11.1 Å². The van der Waals surface area contributed by atoms with E-state index in [9.17, 15) is 0 Å². The summed E-state index contributed by atoms with van der Waals surface area (Å²) in [7, 11) is 0. The van der Waals surface area contributed by atoms with Gasteiger partial charge in [-0.15, -0.1) is 0 Å². The summed E-state index contributed by atoms with van der Waals surface area (Å²) in [6.45, 7) is 6.39. The second-order valence-corrected chi connectivity index (χ2v) is 4.63. The van der Waals surface area contributed by atoms with Gasteiger partial charge in [-0.3, -0.25) is 4.68 Å². The molecule has 96 valence electrons. The maximum absolute atomic E-state index is 4.45. The van der Waals surface area contributed by atoms with E-state index in [0.29, 0.717) is 6.04 Å². The Morgan fingerprint density at radius 3 is 2.72 bits per heavy atom. The number of benzene rings is 1. The lowest BCUT2D eigenvalue weighted by Gasteiger charge is -2.12. The molecule has 0 saturated heterocycles. The standard InChI is InChI=1S/C15H21N3/c1-3-9-16-10-13(2)18-12-15(11-17-18)14-7-5-4-6-8-14/h4-8,11-13,16H,3,9-10H2,1-2H3. The van der Waals surface area contributed by atoms with Crippen LogP contribution in [0, 0.1) is 0 Å². The van der Waals surface area contributed by atoms with Gasteiger partial charge in [0.1, 0.15) is 0 Å². The summed E-state index contributed by atoms with van der Waals surface area (Å²) in [5, 5.41) is 7.87. The van der Waals surface area contributed by atoms with E-state index in [1.165, 1.54) is 17.5 Å². The van der Waals surface area contributed by atoms with E-state index in [-0.39, 0.29) is 0 Å². The number of aromatic nitrogens is 2. The van der Waals surface area contributed by atoms with Crippen molar-refractivity contribution in [2.75, 3.05) is 13.1 Å². The van der Waals surface area contributed by atoms with Crippen LogP contribution in [0.4, 0.5) is 0 Å². The van der Waals surface area contributed by atoms with Crippen LogP contribution >= 0.6 is 0 Å². The first-order valence-electron chi connectivity index (χ1n) is 6.61. The number of nitrogens with zero attached hydrogens (tertiary/aromatic N) is 2. The zero-order valence-corrected chi connectivity index (χ0v) is 11.1. The lowest BCUT2D eigenvalue weighted by Crippen LogP contribution is -2.24. The molecule has 1 atom stereocenters. The fourth-order valence-corrected chi connectivity index (χ4v) is 1.94. The lowest BCUT2D eigenvalue weighted by atomic mass is 10.1. The highest BCUT2D eigenvalue weighted by Crippen LogP contribution is 2.19. The summed E-state index contributed by atoms with van der Waals surface area (Å²) in [4.78, 5) is 0. The number of hydrogen-bond acceptors (Lipinski definition) is 2. The van der Waals surface area contributed by atoms with Gasteiger partial charge in [-0.2, -0.15) is 5.10 Å². The average Bonchev–Trinajstić information content (AvgIpc) is 2.89. The number of nitrogens with one attached hydrogen (secondary N) is 1. The van der Waals surface area contributed by atoms with Crippen LogP contribution in [0.25, 0.3) is 11.1 Å². The molecule has 0 bridgehead atoms. The van der Waals surface area contributed by atoms with Gasteiger partial charge in [-0.05, 0) is 25.5 Å². The Labute approximate surface area is 109 Å². The Hall–Kier alpha value is -1.61. The third-order valence-electron chi connectivity index (χ3n) is 3.03. The molecule has 0 fully saturated rings. The summed E-state index contributed by atoms with van der Waals surface area (Å²) in [5.41, 5.74) is 2.40. The van der Waals surface area contributed by atoms with E-state index in [1.807, 2.05) is 16.9 Å². The summed E-state index contributed by atoms with van der Waals surface area (Å²) in [6.07, 6.45) is 5.22. The van der Waals surface area contributed by atoms with Crippen LogP contribution in [0.5, 0.6) is 0 Å². The summed E-state index contributed by atoms with van der Waals surface area (Å²) in [5.74, 6) is 0. The highest BCUT2D eigenvalue weighted by atomic mass is 15.3. The van der Waals surface area contributed by atoms with Crippen molar-refractivity contribution in [3.63, 3.8) is 0 Å². The highest BCUT2D eigenvalue weighted by molar-refractivity contribution is 5.61. The molecule has 1 N–H and O–H groups in total. The van der Waals surface area contributed by atoms with Crippen LogP contribution in [0.1, 0.15) is 26.3 Å². The van der Waals surface area contributed by atoms with Crippen LogP contribution in [-0.2, 0) is 0 Å². The molecular formula is C15H21N3. The second-order valence-electron chi connectivity index (χ2n) is 4.63. The van der Waals surface area contributed by atoms with Gasteiger partial charge in [0.2, 0.25) is 0 Å². The average molecular weight is 243 g/mol. The van der Waals surface area contributed by atoms with Gasteiger partial charge < -0.3 is 5.32 Å². The van der Waals surface area contributed by atoms with Crippen molar-refractivity contribution in [1.82, 2.24) is 15.1 Å². The van der Waals surface area contributed by atoms with Crippen LogP contribution in [0.15, 0.2) is 42.7 Å². The molecule has 0 saturated carbocycles. The molecule has 0 radical (unpaired) electrons. The zero-order valence-electron chi connectivity index (χ0n) is 11.1. The van der Waals surface area contributed by atoms with Crippen molar-refractivity contribution in [2.45, 2.75) is 26.3 Å². The summed E-state index contributed by atoms with van der Waals surface area (Å²) < 4.78 is 2.03. The van der Waals surface area contributed by atoms with Crippen molar-refractivity contribution < 1.29 is 0 Å². The van der Waals surface area contributed by atoms with Crippen LogP contribution in [0.3, 0.4) is 0 Å². The van der Waals surface area contributed by atoms with E-state index < -0.39 is 0 Å². The van der Waals surface area contributed by atoms with Gasteiger partial charge in [-0.1, -0.05) is 37.3 Å². The van der Waals surface area contributed by atoms with Crippen molar-refractivity contribution >= 4 is 0 Å². The molecule has 0 spiro atoms. The molecule has 3 heteroatoms. The predicted molar refractivity (Wildman–Crippen MR) is 75.5 cm³/mol. The third kappa shape index (κ3) is 3.20. The molecule has 0 aliphatic carbocycles. The summed E-state index contributed by atoms with van der Waals surface area (Å²) in [6, 6.07) is 10.8. The Morgan fingerprint density at radius 1 is 1.22 bits per heavy atom. The largest absolute Gasteiger partial charge is 0.315 e. The van der Waals surface area contributed by atoms with E-state index in [4.69, 9.17) is 0 Å². The molecular weight excluding hydrogens is 222 g/mol. The molecule has 18 heavy (non-hydrogen) atoms. The van der Waals surface area contributed by atoms with E-state index >= 15 is 0 Å². The maximum atomic E-state index is 4.45. The zero-order chi connectivity index (χ0) is 12.8. The molecule has 0 amide bonds. The van der Waals surface area contributed by atoms with Crippen LogP contribution in [-0.4, -0.2) is 22.9 Å². The molecule has 1 unspecified atom stereocenters. The van der Waals surface area contributed by atoms with Gasteiger partial charge in [0.25, 0.3) is 0 Å². The minimum Gasteiger partial charge on any atom is -0.315 e. The SMILES string of the molecule is CCCNCC(C)n1cc(-c2ccccc2)cn1. The Morgan fingerprint density at radius 2 is 2.00 bits per heavy atom. The fraction of sp³-hybridized carbons (Fsp3) is 0.400. The molecule has 0 aliphatic heterocycles. The first-order chi connectivity index (χ1) is 8.81. The molecule has 2 aromatic rings. The first-order valence-corrected chi connectivity index (χ1v) is 6.61. The van der Waals surface area contributed by atoms with Gasteiger partial charge in [0.05, 0.1) is 12.2 Å². The highest BCUT2D eigenvalue weighted by Gasteiger charge is 2.07. The molecule has 3 nitrogen and oxygen atoms in total. The Kier molecular flexibility index (Phi) is 4.53. The van der Waals surface area contributed by atoms with E-state index in [0.717, 1.165) is 13.1 Å².